The van der Waals surface area contributed by atoms with Crippen LogP contribution < -0.4 is 20.6 Å². The number of sulfonamides is 1. The van der Waals surface area contributed by atoms with Gasteiger partial charge in [-0.05, 0) is 24.3 Å². The first-order valence-corrected chi connectivity index (χ1v) is 11.1. The Labute approximate surface area is 151 Å². The van der Waals surface area contributed by atoms with Crippen molar-refractivity contribution in [3.8, 4) is 0 Å². The molecule has 1 saturated heterocycles. The summed E-state index contributed by atoms with van der Waals surface area (Å²) in [5.74, 6) is 0. The van der Waals surface area contributed by atoms with Gasteiger partial charge in [-0.1, -0.05) is 22.5 Å². The molecule has 2 heterocycles. The van der Waals surface area contributed by atoms with Gasteiger partial charge in [-0.15, -0.1) is 0 Å². The molecule has 1 aliphatic rings. The average Bonchev–Trinajstić information content (AvgIpc) is 3.00. The van der Waals surface area contributed by atoms with Gasteiger partial charge < -0.3 is 4.52 Å². The molecular formula is C14H19N5O5S2. The van der Waals surface area contributed by atoms with E-state index in [1.54, 1.807) is 12.1 Å². The summed E-state index contributed by atoms with van der Waals surface area (Å²) in [5, 5.41) is 11.3. The van der Waals surface area contributed by atoms with Crippen LogP contribution in [-0.2, 0) is 19.9 Å². The summed E-state index contributed by atoms with van der Waals surface area (Å²) < 4.78 is 56.1. The van der Waals surface area contributed by atoms with E-state index in [1.807, 2.05) is 6.92 Å². The van der Waals surface area contributed by atoms with Crippen LogP contribution in [0.2, 0.25) is 0 Å². The summed E-state index contributed by atoms with van der Waals surface area (Å²) in [4.78, 5) is 1.22. The predicted molar refractivity (Wildman–Crippen MR) is 89.7 cm³/mol. The zero-order valence-corrected chi connectivity index (χ0v) is 15.9. The smallest absolute Gasteiger partial charge is 0.286 e. The maximum absolute atomic E-state index is 13.2. The lowest BCUT2D eigenvalue weighted by Crippen LogP contribution is -2.72. The molecule has 0 aliphatic carbocycles. The van der Waals surface area contributed by atoms with Gasteiger partial charge in [0.2, 0.25) is 10.0 Å². The van der Waals surface area contributed by atoms with Crippen molar-refractivity contribution in [2.24, 2.45) is 0 Å². The van der Waals surface area contributed by atoms with Crippen LogP contribution in [0, 0.1) is 12.3 Å². The molecule has 1 fully saturated rings. The fourth-order valence-electron chi connectivity index (χ4n) is 2.76. The van der Waals surface area contributed by atoms with Crippen LogP contribution in [0.3, 0.4) is 0 Å². The van der Waals surface area contributed by atoms with Gasteiger partial charge >= 0.3 is 0 Å². The second-order valence-corrected chi connectivity index (χ2v) is 10.2. The number of nitrogens with zero attached hydrogens (tertiary/aromatic N) is 4. The molecule has 1 aliphatic heterocycles. The first kappa shape index (κ1) is 18.6. The van der Waals surface area contributed by atoms with Crippen LogP contribution in [0.5, 0.6) is 0 Å². The first-order valence-electron chi connectivity index (χ1n) is 7.72. The van der Waals surface area contributed by atoms with Gasteiger partial charge in [0.25, 0.3) is 11.8 Å². The van der Waals surface area contributed by atoms with E-state index in [0.717, 1.165) is 20.9 Å². The Balaban J connectivity index is 2.06. The SMILES string of the molecule is Cc1ccc(S(=O)(=O)C2CN(S(C)(=O)=O)CCN2[n+]2cc(=N)o[n-]2)cc1. The molecule has 0 bridgehead atoms. The zero-order valence-electron chi connectivity index (χ0n) is 14.2. The lowest BCUT2D eigenvalue weighted by Gasteiger charge is -2.40. The molecule has 1 atom stereocenters. The quantitative estimate of drug-likeness (QED) is 0.606. The third-order valence-electron chi connectivity index (χ3n) is 4.17. The highest BCUT2D eigenvalue weighted by Crippen LogP contribution is 2.22. The van der Waals surface area contributed by atoms with Crippen LogP contribution >= 0.6 is 0 Å². The number of aromatic nitrogens is 2. The summed E-state index contributed by atoms with van der Waals surface area (Å²) >= 11 is 0. The van der Waals surface area contributed by atoms with Gasteiger partial charge in [-0.2, -0.15) is 0 Å². The fraction of sp³-hybridized carbons (Fsp3) is 0.429. The molecular weight excluding hydrogens is 382 g/mol. The van der Waals surface area contributed by atoms with Crippen LogP contribution in [0.25, 0.3) is 0 Å². The van der Waals surface area contributed by atoms with Gasteiger partial charge in [-0.3, -0.25) is 10.4 Å². The van der Waals surface area contributed by atoms with Gasteiger partial charge in [0.15, 0.2) is 9.84 Å². The van der Waals surface area contributed by atoms with E-state index in [9.17, 15) is 16.8 Å². The summed E-state index contributed by atoms with van der Waals surface area (Å²) in [5.41, 5.74) is 0.675. The van der Waals surface area contributed by atoms with Crippen LogP contribution in [-0.4, -0.2) is 52.4 Å². The Bertz CT molecular complexity index is 1060. The number of hydrogen-bond acceptors (Lipinski definition) is 7. The number of piperazine rings is 1. The van der Waals surface area contributed by atoms with Crippen molar-refractivity contribution in [1.29, 1.82) is 5.41 Å². The van der Waals surface area contributed by atoms with Crippen LogP contribution in [0.1, 0.15) is 5.56 Å². The Hall–Kier alpha value is -2.18. The molecule has 1 unspecified atom stereocenters. The molecule has 0 spiro atoms. The first-order chi connectivity index (χ1) is 12.1. The van der Waals surface area contributed by atoms with E-state index in [-0.39, 0.29) is 30.1 Å². The minimum atomic E-state index is -3.90. The highest BCUT2D eigenvalue weighted by atomic mass is 32.2. The molecule has 1 aromatic heterocycles. The van der Waals surface area contributed by atoms with E-state index < -0.39 is 25.2 Å². The highest BCUT2D eigenvalue weighted by molar-refractivity contribution is 7.92. The Morgan fingerprint density at radius 2 is 1.85 bits per heavy atom. The number of sulfone groups is 1. The number of aryl methyl sites for hydroxylation is 1. The average molecular weight is 401 g/mol. The number of nitrogens with one attached hydrogen (secondary N) is 1. The summed E-state index contributed by atoms with van der Waals surface area (Å²) in [6.45, 7) is 1.78. The maximum Gasteiger partial charge on any atom is 0.286 e. The lowest BCUT2D eigenvalue weighted by atomic mass is 10.2. The molecule has 3 rings (SSSR count). The monoisotopic (exact) mass is 401 g/mol. The molecule has 10 nitrogen and oxygen atoms in total. The standard InChI is InChI=1S/C14H19N5O5S2/c1-11-3-5-12(6-4-11)26(22,23)14-10-17(25(2,20)21)7-8-18(14)19-9-13(15)24-16-19/h3-6,9,14-15H,7-8,10H2,1-2H3. The van der Waals surface area contributed by atoms with E-state index >= 15 is 0 Å². The van der Waals surface area contributed by atoms with Crippen molar-refractivity contribution in [3.05, 3.63) is 41.6 Å². The van der Waals surface area contributed by atoms with Crippen LogP contribution in [0.4, 0.5) is 0 Å². The van der Waals surface area contributed by atoms with Crippen LogP contribution in [0.15, 0.2) is 39.9 Å². The summed E-state index contributed by atoms with van der Waals surface area (Å²) in [6.07, 6.45) is 2.27. The molecule has 1 N–H and O–H groups in total. The number of hydrogen-bond donors (Lipinski definition) is 1. The Morgan fingerprint density at radius 3 is 2.38 bits per heavy atom. The van der Waals surface area contributed by atoms with Crippen molar-refractivity contribution in [2.75, 3.05) is 30.9 Å². The Kier molecular flexibility index (Phi) is 4.67. The van der Waals surface area contributed by atoms with Gasteiger partial charge in [0.1, 0.15) is 5.37 Å². The lowest BCUT2D eigenvalue weighted by molar-refractivity contribution is -0.765. The van der Waals surface area contributed by atoms with E-state index in [1.165, 1.54) is 23.3 Å². The minimum absolute atomic E-state index is 0.0828. The van der Waals surface area contributed by atoms with Crippen molar-refractivity contribution >= 4 is 19.9 Å². The second kappa shape index (κ2) is 6.52. The molecule has 142 valence electrons. The number of rotatable bonds is 4. The topological polar surface area (TPSA) is 130 Å². The zero-order chi connectivity index (χ0) is 19.1. The molecule has 1 aromatic carbocycles. The van der Waals surface area contributed by atoms with E-state index in [4.69, 9.17) is 9.93 Å². The van der Waals surface area contributed by atoms with Crippen molar-refractivity contribution in [1.82, 2.24) is 9.58 Å². The molecule has 12 heteroatoms. The largest absolute Gasteiger partial charge is 0.380 e. The summed E-state index contributed by atoms with van der Waals surface area (Å²) in [6, 6.07) is 6.34. The molecule has 0 radical (unpaired) electrons. The Morgan fingerprint density at radius 1 is 1.19 bits per heavy atom. The fourth-order valence-corrected chi connectivity index (χ4v) is 5.40. The van der Waals surface area contributed by atoms with Gasteiger partial charge in [-0.25, -0.2) is 21.1 Å². The number of benzene rings is 1. The molecule has 0 saturated carbocycles. The van der Waals surface area contributed by atoms with E-state index in [0.29, 0.717) is 0 Å². The van der Waals surface area contributed by atoms with E-state index in [2.05, 4.69) is 5.27 Å². The molecule has 0 amide bonds. The van der Waals surface area contributed by atoms with Gasteiger partial charge in [0, 0.05) is 19.6 Å². The normalized spacial score (nSPS) is 19.6. The van der Waals surface area contributed by atoms with Crippen molar-refractivity contribution in [3.63, 3.8) is 0 Å². The van der Waals surface area contributed by atoms with Crippen molar-refractivity contribution in [2.45, 2.75) is 17.2 Å². The third-order valence-corrected chi connectivity index (χ3v) is 7.47. The second-order valence-electron chi connectivity index (χ2n) is 6.08. The van der Waals surface area contributed by atoms with Crippen molar-refractivity contribution < 1.29 is 26.1 Å². The molecule has 2 aromatic rings. The minimum Gasteiger partial charge on any atom is -0.380 e. The summed E-state index contributed by atoms with van der Waals surface area (Å²) in [7, 11) is -7.46. The third kappa shape index (κ3) is 3.52. The maximum atomic E-state index is 13.2. The highest BCUT2D eigenvalue weighted by Gasteiger charge is 2.40. The van der Waals surface area contributed by atoms with Gasteiger partial charge in [0.05, 0.1) is 11.2 Å². The predicted octanol–water partition coefficient (Wildman–Crippen LogP) is -1.67. The molecule has 26 heavy (non-hydrogen) atoms.